The lowest BCUT2D eigenvalue weighted by atomic mass is 10.0. The van der Waals surface area contributed by atoms with Crippen molar-refractivity contribution in [3.05, 3.63) is 95.3 Å². The Morgan fingerprint density at radius 2 is 1.55 bits per heavy atom. The second-order valence-electron chi connectivity index (χ2n) is 6.86. The fourth-order valence-corrected chi connectivity index (χ4v) is 3.46. The van der Waals surface area contributed by atoms with Gasteiger partial charge in [0.1, 0.15) is 6.04 Å². The highest BCUT2D eigenvalue weighted by atomic mass is 16.2. The van der Waals surface area contributed by atoms with Crippen molar-refractivity contribution < 1.29 is 14.4 Å². The highest BCUT2D eigenvalue weighted by Gasteiger charge is 2.42. The number of rotatable bonds is 5. The quantitative estimate of drug-likeness (QED) is 0.684. The topological polar surface area (TPSA) is 79.4 Å². The Balaban J connectivity index is 1.69. The third-order valence-corrected chi connectivity index (χ3v) is 4.98. The van der Waals surface area contributed by atoms with Gasteiger partial charge < -0.3 is 5.32 Å². The van der Waals surface area contributed by atoms with Crippen LogP contribution in [0.25, 0.3) is 0 Å². The molecule has 1 aliphatic heterocycles. The molecule has 1 N–H and O–H groups in total. The number of hydrogen-bond acceptors (Lipinski definition) is 4. The van der Waals surface area contributed by atoms with Crippen molar-refractivity contribution in [1.29, 1.82) is 0 Å². The van der Waals surface area contributed by atoms with Crippen molar-refractivity contribution in [2.45, 2.75) is 19.4 Å². The van der Waals surface area contributed by atoms with Crippen LogP contribution >= 0.6 is 0 Å². The summed E-state index contributed by atoms with van der Waals surface area (Å²) in [5.41, 5.74) is 2.70. The summed E-state index contributed by atoms with van der Waals surface area (Å²) >= 11 is 0. The summed E-state index contributed by atoms with van der Waals surface area (Å²) in [6, 6.07) is 18.4. The smallest absolute Gasteiger partial charge is 0.262 e. The maximum Gasteiger partial charge on any atom is 0.262 e. The van der Waals surface area contributed by atoms with Gasteiger partial charge in [-0.3, -0.25) is 24.3 Å². The Morgan fingerprint density at radius 3 is 2.17 bits per heavy atom. The van der Waals surface area contributed by atoms with E-state index in [1.165, 1.54) is 0 Å². The molecule has 144 valence electrons. The number of benzene rings is 2. The number of amides is 3. The number of fused-ring (bicyclic) bond motifs is 1. The maximum atomic E-state index is 13.2. The fraction of sp³-hybridized carbons (Fsp3) is 0.130. The molecule has 0 saturated carbocycles. The molecule has 3 amide bonds. The summed E-state index contributed by atoms with van der Waals surface area (Å²) < 4.78 is 0. The lowest BCUT2D eigenvalue weighted by Crippen LogP contribution is -2.48. The second-order valence-corrected chi connectivity index (χ2v) is 6.86. The average Bonchev–Trinajstić information content (AvgIpc) is 2.99. The van der Waals surface area contributed by atoms with Crippen molar-refractivity contribution in [2.75, 3.05) is 5.32 Å². The molecule has 6 nitrogen and oxygen atoms in total. The molecule has 1 atom stereocenters. The van der Waals surface area contributed by atoms with E-state index < -0.39 is 23.8 Å². The Bertz CT molecular complexity index is 1060. The molecule has 29 heavy (non-hydrogen) atoms. The van der Waals surface area contributed by atoms with E-state index in [1.54, 1.807) is 49.5 Å². The van der Waals surface area contributed by atoms with Crippen LogP contribution in [0.5, 0.6) is 0 Å². The number of nitrogens with zero attached hydrogens (tertiary/aromatic N) is 2. The van der Waals surface area contributed by atoms with Gasteiger partial charge in [-0.15, -0.1) is 0 Å². The molecule has 6 heteroatoms. The van der Waals surface area contributed by atoms with Crippen LogP contribution in [0.4, 0.5) is 5.69 Å². The van der Waals surface area contributed by atoms with Gasteiger partial charge in [0.15, 0.2) is 0 Å². The minimum Gasteiger partial charge on any atom is -0.323 e. The van der Waals surface area contributed by atoms with Gasteiger partial charge in [-0.1, -0.05) is 42.5 Å². The first-order valence-corrected chi connectivity index (χ1v) is 9.29. The summed E-state index contributed by atoms with van der Waals surface area (Å²) in [7, 11) is 0. The molecule has 0 saturated heterocycles. The van der Waals surface area contributed by atoms with Crippen LogP contribution in [0.2, 0.25) is 0 Å². The van der Waals surface area contributed by atoms with E-state index in [0.29, 0.717) is 22.5 Å². The molecule has 0 fully saturated rings. The molecule has 1 aromatic heterocycles. The molecular formula is C23H19N3O3. The first kappa shape index (κ1) is 18.6. The van der Waals surface area contributed by atoms with E-state index in [-0.39, 0.29) is 6.42 Å². The highest BCUT2D eigenvalue weighted by Crippen LogP contribution is 2.26. The van der Waals surface area contributed by atoms with Gasteiger partial charge in [0.2, 0.25) is 5.91 Å². The number of hydrogen-bond donors (Lipinski definition) is 1. The Kier molecular flexibility index (Phi) is 4.91. The van der Waals surface area contributed by atoms with Gasteiger partial charge in [0, 0.05) is 12.6 Å². The lowest BCUT2D eigenvalue weighted by molar-refractivity contribution is -0.119. The molecule has 0 bridgehead atoms. The molecule has 3 aromatic rings. The Hall–Kier alpha value is -3.80. The standard InChI is InChI=1S/C23H19N3O3/c1-15-19(12-7-13-24-15)25-21(27)20(14-16-8-3-2-4-9-16)26-22(28)17-10-5-6-11-18(17)23(26)29/h2-13,20H,14H2,1H3,(H,25,27). The third kappa shape index (κ3) is 3.52. The molecule has 1 aliphatic rings. The van der Waals surface area contributed by atoms with Crippen LogP contribution in [-0.4, -0.2) is 33.6 Å². The highest BCUT2D eigenvalue weighted by molar-refractivity contribution is 6.23. The van der Waals surface area contributed by atoms with Crippen molar-refractivity contribution in [1.82, 2.24) is 9.88 Å². The SMILES string of the molecule is Cc1ncccc1NC(=O)C(Cc1ccccc1)N1C(=O)c2ccccc2C1=O. The van der Waals surface area contributed by atoms with Crippen LogP contribution in [0.1, 0.15) is 32.0 Å². The van der Waals surface area contributed by atoms with E-state index in [2.05, 4.69) is 10.3 Å². The van der Waals surface area contributed by atoms with E-state index in [9.17, 15) is 14.4 Å². The number of imide groups is 1. The summed E-state index contributed by atoms with van der Waals surface area (Å²) in [5.74, 6) is -1.34. The van der Waals surface area contributed by atoms with Gasteiger partial charge in [-0.05, 0) is 36.8 Å². The molecule has 0 spiro atoms. The van der Waals surface area contributed by atoms with Gasteiger partial charge in [-0.2, -0.15) is 0 Å². The minimum atomic E-state index is -0.982. The Morgan fingerprint density at radius 1 is 0.931 bits per heavy atom. The van der Waals surface area contributed by atoms with E-state index in [0.717, 1.165) is 10.5 Å². The number of pyridine rings is 1. The van der Waals surface area contributed by atoms with Crippen LogP contribution in [0, 0.1) is 6.92 Å². The van der Waals surface area contributed by atoms with Gasteiger partial charge in [0.25, 0.3) is 11.8 Å². The largest absolute Gasteiger partial charge is 0.323 e. The predicted octanol–water partition coefficient (Wildman–Crippen LogP) is 3.24. The molecule has 4 rings (SSSR count). The second kappa shape index (κ2) is 7.67. The molecule has 1 unspecified atom stereocenters. The maximum absolute atomic E-state index is 13.2. The van der Waals surface area contributed by atoms with Crippen LogP contribution in [0.3, 0.4) is 0 Å². The zero-order valence-electron chi connectivity index (χ0n) is 15.8. The summed E-state index contributed by atoms with van der Waals surface area (Å²) in [5, 5.41) is 2.83. The van der Waals surface area contributed by atoms with Crippen molar-refractivity contribution in [3.8, 4) is 0 Å². The van der Waals surface area contributed by atoms with Gasteiger partial charge >= 0.3 is 0 Å². The molecular weight excluding hydrogens is 366 g/mol. The molecule has 2 heterocycles. The zero-order chi connectivity index (χ0) is 20.4. The predicted molar refractivity (Wildman–Crippen MR) is 108 cm³/mol. The number of anilines is 1. The number of carbonyl (C=O) groups is 3. The Labute approximate surface area is 168 Å². The molecule has 0 radical (unpaired) electrons. The fourth-order valence-electron chi connectivity index (χ4n) is 3.46. The van der Waals surface area contributed by atoms with Gasteiger partial charge in [-0.25, -0.2) is 0 Å². The van der Waals surface area contributed by atoms with Crippen LogP contribution in [0.15, 0.2) is 72.9 Å². The molecule has 2 aromatic carbocycles. The number of nitrogens with one attached hydrogen (secondary N) is 1. The first-order chi connectivity index (χ1) is 14.1. The summed E-state index contributed by atoms with van der Waals surface area (Å²) in [4.78, 5) is 44.4. The lowest BCUT2D eigenvalue weighted by Gasteiger charge is -2.25. The van der Waals surface area contributed by atoms with Crippen molar-refractivity contribution in [2.24, 2.45) is 0 Å². The van der Waals surface area contributed by atoms with E-state index in [4.69, 9.17) is 0 Å². The minimum absolute atomic E-state index is 0.220. The number of aryl methyl sites for hydroxylation is 1. The average molecular weight is 385 g/mol. The summed E-state index contributed by atoms with van der Waals surface area (Å²) in [6.45, 7) is 1.78. The van der Waals surface area contributed by atoms with Crippen LogP contribution in [-0.2, 0) is 11.2 Å². The van der Waals surface area contributed by atoms with E-state index >= 15 is 0 Å². The monoisotopic (exact) mass is 385 g/mol. The number of aromatic nitrogens is 1. The summed E-state index contributed by atoms with van der Waals surface area (Å²) in [6.07, 6.45) is 1.86. The zero-order valence-corrected chi connectivity index (χ0v) is 15.8. The number of carbonyl (C=O) groups excluding carboxylic acids is 3. The third-order valence-electron chi connectivity index (χ3n) is 4.98. The normalized spacial score (nSPS) is 13.9. The van der Waals surface area contributed by atoms with E-state index in [1.807, 2.05) is 30.3 Å². The van der Waals surface area contributed by atoms with Crippen molar-refractivity contribution in [3.63, 3.8) is 0 Å². The first-order valence-electron chi connectivity index (χ1n) is 9.29. The van der Waals surface area contributed by atoms with Gasteiger partial charge in [0.05, 0.1) is 22.5 Å². The molecule has 0 aliphatic carbocycles. The van der Waals surface area contributed by atoms with Crippen LogP contribution < -0.4 is 5.32 Å². The van der Waals surface area contributed by atoms with Crippen molar-refractivity contribution >= 4 is 23.4 Å².